The molecule has 0 radical (unpaired) electrons. The van der Waals surface area contributed by atoms with E-state index in [0.29, 0.717) is 12.8 Å². The summed E-state index contributed by atoms with van der Waals surface area (Å²) in [5.41, 5.74) is 0. The molecule has 0 spiro atoms. The summed E-state index contributed by atoms with van der Waals surface area (Å²) in [6.45, 7) is 6.55. The van der Waals surface area contributed by atoms with Crippen molar-refractivity contribution in [2.75, 3.05) is 13.2 Å². The summed E-state index contributed by atoms with van der Waals surface area (Å²) >= 11 is 0. The average molecular weight is 962 g/mol. The number of esters is 3. The van der Waals surface area contributed by atoms with Gasteiger partial charge in [0.1, 0.15) is 13.2 Å². The lowest BCUT2D eigenvalue weighted by Crippen LogP contribution is -2.30. The van der Waals surface area contributed by atoms with Crippen LogP contribution in [0.25, 0.3) is 0 Å². The molecule has 0 aliphatic rings. The zero-order valence-corrected chi connectivity index (χ0v) is 45.3. The maximum atomic E-state index is 12.9. The van der Waals surface area contributed by atoms with Crippen LogP contribution >= 0.6 is 0 Å². The van der Waals surface area contributed by atoms with Crippen molar-refractivity contribution in [1.29, 1.82) is 0 Å². The number of hydrogen-bond acceptors (Lipinski definition) is 6. The molecule has 0 fully saturated rings. The Balaban J connectivity index is 4.44. The van der Waals surface area contributed by atoms with E-state index in [0.717, 1.165) is 96.3 Å². The highest BCUT2D eigenvalue weighted by atomic mass is 16.6. The number of carbonyl (C=O) groups is 3. The zero-order valence-electron chi connectivity index (χ0n) is 45.3. The lowest BCUT2D eigenvalue weighted by Gasteiger charge is -2.18. The Hall–Kier alpha value is -3.41. The molecule has 6 nitrogen and oxygen atoms in total. The van der Waals surface area contributed by atoms with Crippen LogP contribution in [-0.2, 0) is 28.6 Å². The highest BCUT2D eigenvalue weighted by Gasteiger charge is 2.19. The normalized spacial score (nSPS) is 12.7. The van der Waals surface area contributed by atoms with Crippen LogP contribution in [0.3, 0.4) is 0 Å². The minimum Gasteiger partial charge on any atom is -0.462 e. The van der Waals surface area contributed by atoms with E-state index < -0.39 is 6.10 Å². The van der Waals surface area contributed by atoms with Gasteiger partial charge in [-0.1, -0.05) is 221 Å². The molecule has 0 unspecified atom stereocenters. The number of ether oxygens (including phenoxy) is 3. The van der Waals surface area contributed by atoms with Crippen LogP contribution < -0.4 is 0 Å². The summed E-state index contributed by atoms with van der Waals surface area (Å²) in [7, 11) is 0. The van der Waals surface area contributed by atoms with Gasteiger partial charge in [-0.15, -0.1) is 0 Å². The Labute approximate surface area is 426 Å². The van der Waals surface area contributed by atoms with Crippen LogP contribution in [0.5, 0.6) is 0 Å². The van der Waals surface area contributed by atoms with Gasteiger partial charge in [0.2, 0.25) is 0 Å². The Kier molecular flexibility index (Phi) is 54.3. The lowest BCUT2D eigenvalue weighted by atomic mass is 10.1. The van der Waals surface area contributed by atoms with Crippen LogP contribution in [-0.4, -0.2) is 37.2 Å². The summed E-state index contributed by atoms with van der Waals surface area (Å²) in [5.74, 6) is -0.933. The standard InChI is InChI=1S/C63H108O6/c1-4-7-10-13-16-19-22-25-27-29-31-33-35-38-41-44-47-50-53-56-62(65)68-59-60(58-67-61(64)55-52-49-46-43-40-37-24-21-18-15-12-9-6-3)69-63(66)57-54-51-48-45-42-39-36-34-32-30-28-26-23-20-17-14-11-8-5-2/h16-17,19-21,24-28,32,34,39,42,60H,4-15,18,22-23,29-31,33,35-38,40-41,43-59H2,1-3H3/b19-16-,20-17-,24-21-,27-25-,28-26-,34-32-,42-39-/t60-/m0/s1. The van der Waals surface area contributed by atoms with Crippen LogP contribution in [0, 0.1) is 0 Å². The monoisotopic (exact) mass is 961 g/mol. The predicted octanol–water partition coefficient (Wildman–Crippen LogP) is 19.5. The first-order chi connectivity index (χ1) is 34.0. The quantitative estimate of drug-likeness (QED) is 0.0262. The number of hydrogen-bond donors (Lipinski definition) is 0. The first kappa shape index (κ1) is 65.6. The van der Waals surface area contributed by atoms with E-state index >= 15 is 0 Å². The summed E-state index contributed by atoms with van der Waals surface area (Å²) in [6, 6.07) is 0. The van der Waals surface area contributed by atoms with E-state index in [-0.39, 0.29) is 37.5 Å². The fraction of sp³-hybridized carbons (Fsp3) is 0.730. The largest absolute Gasteiger partial charge is 0.462 e. The van der Waals surface area contributed by atoms with Gasteiger partial charge < -0.3 is 14.2 Å². The van der Waals surface area contributed by atoms with Gasteiger partial charge >= 0.3 is 17.9 Å². The van der Waals surface area contributed by atoms with Gasteiger partial charge in [-0.25, -0.2) is 0 Å². The molecule has 6 heteroatoms. The predicted molar refractivity (Wildman–Crippen MR) is 297 cm³/mol. The van der Waals surface area contributed by atoms with Crippen molar-refractivity contribution in [2.24, 2.45) is 0 Å². The third-order valence-corrected chi connectivity index (χ3v) is 12.3. The minimum atomic E-state index is -0.799. The van der Waals surface area contributed by atoms with Crippen molar-refractivity contribution in [3.05, 3.63) is 85.1 Å². The van der Waals surface area contributed by atoms with Crippen LogP contribution in [0.15, 0.2) is 85.1 Å². The van der Waals surface area contributed by atoms with E-state index in [9.17, 15) is 14.4 Å². The van der Waals surface area contributed by atoms with Crippen molar-refractivity contribution in [3.63, 3.8) is 0 Å². The summed E-state index contributed by atoms with van der Waals surface area (Å²) in [4.78, 5) is 38.2. The van der Waals surface area contributed by atoms with E-state index in [2.05, 4.69) is 106 Å². The zero-order chi connectivity index (χ0) is 50.0. The first-order valence-corrected chi connectivity index (χ1v) is 29.1. The number of allylic oxidation sites excluding steroid dienone is 14. The van der Waals surface area contributed by atoms with Crippen molar-refractivity contribution in [3.8, 4) is 0 Å². The molecule has 0 rings (SSSR count). The van der Waals surface area contributed by atoms with Crippen LogP contribution in [0.1, 0.15) is 278 Å². The SMILES string of the molecule is CCCCC/C=C\C/C=C\C/C=C\C/C=C\CCCCCC(=O)O[C@@H](COC(=O)CCCCCCC/C=C\CCCCCC)COC(=O)CCCCCCCCCCC/C=C\C/C=C\CCCCC. The van der Waals surface area contributed by atoms with Gasteiger partial charge in [0.25, 0.3) is 0 Å². The fourth-order valence-electron chi connectivity index (χ4n) is 7.92. The molecule has 0 saturated heterocycles. The maximum absolute atomic E-state index is 12.9. The number of rotatable bonds is 52. The Morgan fingerprint density at radius 1 is 0.290 bits per heavy atom. The molecule has 0 aromatic heterocycles. The molecule has 0 saturated carbocycles. The lowest BCUT2D eigenvalue weighted by molar-refractivity contribution is -0.167. The maximum Gasteiger partial charge on any atom is 0.306 e. The summed E-state index contributed by atoms with van der Waals surface area (Å²) in [5, 5.41) is 0. The Morgan fingerprint density at radius 3 is 0.870 bits per heavy atom. The molecule has 0 amide bonds. The molecule has 0 heterocycles. The number of carbonyl (C=O) groups excluding carboxylic acids is 3. The molecule has 1 atom stereocenters. The molecule has 0 aromatic carbocycles. The van der Waals surface area contributed by atoms with E-state index in [1.807, 2.05) is 0 Å². The molecule has 0 bridgehead atoms. The van der Waals surface area contributed by atoms with Crippen molar-refractivity contribution in [1.82, 2.24) is 0 Å². The topological polar surface area (TPSA) is 78.9 Å². The molecular weight excluding hydrogens is 853 g/mol. The average Bonchev–Trinajstić information content (AvgIpc) is 3.35. The minimum absolute atomic E-state index is 0.0942. The van der Waals surface area contributed by atoms with Gasteiger partial charge in [-0.2, -0.15) is 0 Å². The van der Waals surface area contributed by atoms with Crippen LogP contribution in [0.2, 0.25) is 0 Å². The molecule has 0 aliphatic carbocycles. The molecule has 396 valence electrons. The van der Waals surface area contributed by atoms with E-state index in [1.54, 1.807) is 0 Å². The molecule has 0 aliphatic heterocycles. The molecule has 69 heavy (non-hydrogen) atoms. The van der Waals surface area contributed by atoms with Gasteiger partial charge in [-0.3, -0.25) is 14.4 Å². The Bertz CT molecular complexity index is 1330. The fourth-order valence-corrected chi connectivity index (χ4v) is 7.92. The molecular formula is C63H108O6. The first-order valence-electron chi connectivity index (χ1n) is 29.1. The van der Waals surface area contributed by atoms with Gasteiger partial charge in [-0.05, 0) is 122 Å². The number of unbranched alkanes of at least 4 members (excludes halogenated alkanes) is 27. The van der Waals surface area contributed by atoms with Gasteiger partial charge in [0.05, 0.1) is 0 Å². The van der Waals surface area contributed by atoms with Crippen molar-refractivity contribution >= 4 is 17.9 Å². The van der Waals surface area contributed by atoms with Crippen LogP contribution in [0.4, 0.5) is 0 Å². The van der Waals surface area contributed by atoms with E-state index in [4.69, 9.17) is 14.2 Å². The molecule has 0 aromatic rings. The third kappa shape index (κ3) is 55.4. The van der Waals surface area contributed by atoms with Gasteiger partial charge in [0, 0.05) is 19.3 Å². The highest BCUT2D eigenvalue weighted by molar-refractivity contribution is 5.71. The Morgan fingerprint density at radius 2 is 0.522 bits per heavy atom. The van der Waals surface area contributed by atoms with Crippen molar-refractivity contribution in [2.45, 2.75) is 284 Å². The second-order valence-electron chi connectivity index (χ2n) is 19.2. The van der Waals surface area contributed by atoms with Gasteiger partial charge in [0.15, 0.2) is 6.10 Å². The highest BCUT2D eigenvalue weighted by Crippen LogP contribution is 2.14. The second-order valence-corrected chi connectivity index (χ2v) is 19.2. The van der Waals surface area contributed by atoms with Crippen molar-refractivity contribution < 1.29 is 28.6 Å². The second kappa shape index (κ2) is 57.2. The third-order valence-electron chi connectivity index (χ3n) is 12.3. The smallest absolute Gasteiger partial charge is 0.306 e. The summed E-state index contributed by atoms with van der Waals surface area (Å²) < 4.78 is 16.8. The molecule has 0 N–H and O–H groups in total. The summed E-state index contributed by atoms with van der Waals surface area (Å²) in [6.07, 6.45) is 74.2. The van der Waals surface area contributed by atoms with E-state index in [1.165, 1.54) is 141 Å².